The van der Waals surface area contributed by atoms with Crippen LogP contribution in [0.25, 0.3) is 16.8 Å². The second-order valence-corrected chi connectivity index (χ2v) is 8.94. The van der Waals surface area contributed by atoms with Crippen molar-refractivity contribution in [2.24, 2.45) is 0 Å². The lowest BCUT2D eigenvalue weighted by Gasteiger charge is -2.30. The lowest BCUT2D eigenvalue weighted by atomic mass is 9.96. The summed E-state index contributed by atoms with van der Waals surface area (Å²) in [5, 5.41) is 4.64. The predicted octanol–water partition coefficient (Wildman–Crippen LogP) is 5.41. The lowest BCUT2D eigenvalue weighted by Crippen LogP contribution is -2.38. The summed E-state index contributed by atoms with van der Waals surface area (Å²) in [5.41, 5.74) is 4.98. The molecule has 7 heteroatoms. The third-order valence-electron chi connectivity index (χ3n) is 6.02. The van der Waals surface area contributed by atoms with Gasteiger partial charge < -0.3 is 9.32 Å². The number of benzene rings is 2. The number of para-hydroxylation sites is 2. The van der Waals surface area contributed by atoms with Crippen LogP contribution in [0.5, 0.6) is 0 Å². The second kappa shape index (κ2) is 7.96. The minimum absolute atomic E-state index is 0.0503. The van der Waals surface area contributed by atoms with E-state index in [1.54, 1.807) is 0 Å². The number of carbonyl (C=O) groups excluding carboxylic acids is 1. The van der Waals surface area contributed by atoms with Gasteiger partial charge in [0.1, 0.15) is 5.52 Å². The molecule has 0 spiro atoms. The van der Waals surface area contributed by atoms with Gasteiger partial charge in [0, 0.05) is 23.5 Å². The van der Waals surface area contributed by atoms with E-state index in [0.717, 1.165) is 51.4 Å². The SMILES string of the molecule is Cc1nn(-c2ccc(Br)cc2)c(C)c1C(=O)N1CCC(c2nc3ccccc3o2)CC1. The number of hydrogen-bond donors (Lipinski definition) is 0. The Labute approximate surface area is 189 Å². The first-order chi connectivity index (χ1) is 15.0. The van der Waals surface area contributed by atoms with Crippen molar-refractivity contribution in [3.63, 3.8) is 0 Å². The van der Waals surface area contributed by atoms with Gasteiger partial charge in [-0.25, -0.2) is 9.67 Å². The van der Waals surface area contributed by atoms with E-state index < -0.39 is 0 Å². The van der Waals surface area contributed by atoms with Gasteiger partial charge in [-0.15, -0.1) is 0 Å². The fourth-order valence-corrected chi connectivity index (χ4v) is 4.60. The predicted molar refractivity (Wildman–Crippen MR) is 123 cm³/mol. The first-order valence-electron chi connectivity index (χ1n) is 10.5. The Morgan fingerprint density at radius 1 is 1.06 bits per heavy atom. The Kier molecular flexibility index (Phi) is 5.14. The van der Waals surface area contributed by atoms with E-state index in [0.29, 0.717) is 18.7 Å². The zero-order chi connectivity index (χ0) is 21.5. The highest BCUT2D eigenvalue weighted by molar-refractivity contribution is 9.10. The highest BCUT2D eigenvalue weighted by Gasteiger charge is 2.30. The molecule has 31 heavy (non-hydrogen) atoms. The zero-order valence-corrected chi connectivity index (χ0v) is 19.1. The van der Waals surface area contributed by atoms with Crippen LogP contribution in [0.2, 0.25) is 0 Å². The summed E-state index contributed by atoms with van der Waals surface area (Å²) < 4.78 is 8.81. The highest BCUT2D eigenvalue weighted by atomic mass is 79.9. The lowest BCUT2D eigenvalue weighted by molar-refractivity contribution is 0.0705. The van der Waals surface area contributed by atoms with E-state index in [1.165, 1.54) is 0 Å². The summed E-state index contributed by atoms with van der Waals surface area (Å²) in [4.78, 5) is 19.9. The van der Waals surface area contributed by atoms with Crippen LogP contribution in [0.4, 0.5) is 0 Å². The number of likely N-dealkylation sites (tertiary alicyclic amines) is 1. The second-order valence-electron chi connectivity index (χ2n) is 8.02. The molecule has 6 nitrogen and oxygen atoms in total. The average Bonchev–Trinajstić information content (AvgIpc) is 3.34. The van der Waals surface area contributed by atoms with Gasteiger partial charge in [0.15, 0.2) is 11.5 Å². The van der Waals surface area contributed by atoms with Crippen LogP contribution >= 0.6 is 15.9 Å². The number of halogens is 1. The summed E-state index contributed by atoms with van der Waals surface area (Å²) >= 11 is 3.46. The van der Waals surface area contributed by atoms with Gasteiger partial charge in [-0.3, -0.25) is 4.79 Å². The minimum atomic E-state index is 0.0503. The monoisotopic (exact) mass is 478 g/mol. The Balaban J connectivity index is 1.33. The molecule has 2 aromatic carbocycles. The molecule has 0 saturated carbocycles. The highest BCUT2D eigenvalue weighted by Crippen LogP contribution is 2.31. The van der Waals surface area contributed by atoms with Crippen LogP contribution in [0.3, 0.4) is 0 Å². The summed E-state index contributed by atoms with van der Waals surface area (Å²) in [5.74, 6) is 1.07. The van der Waals surface area contributed by atoms with Crippen LogP contribution in [0.1, 0.15) is 46.4 Å². The maximum atomic E-state index is 13.4. The third-order valence-corrected chi connectivity index (χ3v) is 6.55. The molecule has 3 heterocycles. The Bertz CT molecular complexity index is 1220. The fourth-order valence-electron chi connectivity index (χ4n) is 4.34. The molecule has 0 bridgehead atoms. The average molecular weight is 479 g/mol. The number of nitrogens with zero attached hydrogens (tertiary/aromatic N) is 4. The van der Waals surface area contributed by atoms with Crippen molar-refractivity contribution < 1.29 is 9.21 Å². The molecule has 1 aliphatic heterocycles. The van der Waals surface area contributed by atoms with Crippen LogP contribution in [-0.2, 0) is 0 Å². The zero-order valence-electron chi connectivity index (χ0n) is 17.5. The Morgan fingerprint density at radius 2 is 1.77 bits per heavy atom. The van der Waals surface area contributed by atoms with Crippen LogP contribution < -0.4 is 0 Å². The topological polar surface area (TPSA) is 64.2 Å². The van der Waals surface area contributed by atoms with Gasteiger partial charge in [0.25, 0.3) is 5.91 Å². The van der Waals surface area contributed by atoms with Crippen molar-refractivity contribution in [1.82, 2.24) is 19.7 Å². The molecule has 1 aliphatic rings. The van der Waals surface area contributed by atoms with Gasteiger partial charge in [0.2, 0.25) is 0 Å². The number of aromatic nitrogens is 3. The quantitative estimate of drug-likeness (QED) is 0.394. The van der Waals surface area contributed by atoms with Crippen molar-refractivity contribution in [2.45, 2.75) is 32.6 Å². The maximum absolute atomic E-state index is 13.4. The number of aryl methyl sites for hydroxylation is 1. The van der Waals surface area contributed by atoms with Crippen LogP contribution in [-0.4, -0.2) is 38.7 Å². The van der Waals surface area contributed by atoms with Crippen molar-refractivity contribution in [1.29, 1.82) is 0 Å². The van der Waals surface area contributed by atoms with Crippen molar-refractivity contribution >= 4 is 32.9 Å². The van der Waals surface area contributed by atoms with Crippen LogP contribution in [0, 0.1) is 13.8 Å². The first kappa shape index (κ1) is 20.0. The summed E-state index contributed by atoms with van der Waals surface area (Å²) in [6.07, 6.45) is 1.69. The van der Waals surface area contributed by atoms with E-state index in [4.69, 9.17) is 4.42 Å². The fraction of sp³-hybridized carbons (Fsp3) is 0.292. The molecule has 1 fully saturated rings. The Hall–Kier alpha value is -2.93. The van der Waals surface area contributed by atoms with Gasteiger partial charge in [-0.1, -0.05) is 28.1 Å². The molecular formula is C24H23BrN4O2. The van der Waals surface area contributed by atoms with E-state index in [1.807, 2.05) is 72.0 Å². The molecule has 4 aromatic rings. The smallest absolute Gasteiger partial charge is 0.257 e. The van der Waals surface area contributed by atoms with Gasteiger partial charge in [-0.05, 0) is 63.1 Å². The molecule has 0 N–H and O–H groups in total. The number of carbonyl (C=O) groups is 1. The molecule has 0 aliphatic carbocycles. The largest absolute Gasteiger partial charge is 0.440 e. The molecule has 0 unspecified atom stereocenters. The van der Waals surface area contributed by atoms with E-state index in [-0.39, 0.29) is 11.8 Å². The summed E-state index contributed by atoms with van der Waals surface area (Å²) in [6.45, 7) is 5.23. The van der Waals surface area contributed by atoms with Crippen molar-refractivity contribution in [3.05, 3.63) is 75.8 Å². The summed E-state index contributed by atoms with van der Waals surface area (Å²) in [6, 6.07) is 15.8. The number of oxazole rings is 1. The number of rotatable bonds is 3. The molecule has 2 aromatic heterocycles. The molecule has 1 saturated heterocycles. The van der Waals surface area contributed by atoms with Gasteiger partial charge in [0.05, 0.1) is 22.6 Å². The van der Waals surface area contributed by atoms with E-state index >= 15 is 0 Å². The van der Waals surface area contributed by atoms with Gasteiger partial charge in [-0.2, -0.15) is 5.10 Å². The van der Waals surface area contributed by atoms with E-state index in [2.05, 4.69) is 26.0 Å². The Morgan fingerprint density at radius 3 is 2.48 bits per heavy atom. The number of hydrogen-bond acceptors (Lipinski definition) is 4. The number of fused-ring (bicyclic) bond motifs is 1. The first-order valence-corrected chi connectivity index (χ1v) is 11.3. The van der Waals surface area contributed by atoms with Crippen molar-refractivity contribution in [2.75, 3.05) is 13.1 Å². The normalized spacial score (nSPS) is 15.0. The number of piperidine rings is 1. The minimum Gasteiger partial charge on any atom is -0.440 e. The molecular weight excluding hydrogens is 456 g/mol. The molecule has 0 atom stereocenters. The van der Waals surface area contributed by atoms with Gasteiger partial charge >= 0.3 is 0 Å². The number of amides is 1. The standard InChI is InChI=1S/C24H23BrN4O2/c1-15-22(16(2)29(27-15)19-9-7-18(25)8-10-19)24(30)28-13-11-17(12-14-28)23-26-20-5-3-4-6-21(20)31-23/h3-10,17H,11-14H2,1-2H3. The molecule has 0 radical (unpaired) electrons. The van der Waals surface area contributed by atoms with E-state index in [9.17, 15) is 4.79 Å². The maximum Gasteiger partial charge on any atom is 0.257 e. The summed E-state index contributed by atoms with van der Waals surface area (Å²) in [7, 11) is 0. The molecule has 1 amide bonds. The molecule has 158 valence electrons. The van der Waals surface area contributed by atoms with Crippen molar-refractivity contribution in [3.8, 4) is 5.69 Å². The van der Waals surface area contributed by atoms with Crippen LogP contribution in [0.15, 0.2) is 57.4 Å². The molecule has 5 rings (SSSR count). The third kappa shape index (κ3) is 3.67.